The Balaban J connectivity index is 3.21. The third-order valence-electron chi connectivity index (χ3n) is 2.35. The van der Waals surface area contributed by atoms with Gasteiger partial charge in [0.1, 0.15) is 6.10 Å². The molecule has 2 atom stereocenters. The van der Waals surface area contributed by atoms with Crippen molar-refractivity contribution in [2.75, 3.05) is 5.88 Å². The van der Waals surface area contributed by atoms with Gasteiger partial charge in [0.2, 0.25) is 0 Å². The van der Waals surface area contributed by atoms with Gasteiger partial charge in [0.15, 0.2) is 0 Å². The first-order valence-electron chi connectivity index (χ1n) is 4.94. The summed E-state index contributed by atoms with van der Waals surface area (Å²) in [6, 6.07) is 2.21. The van der Waals surface area contributed by atoms with E-state index in [1.165, 1.54) is 6.07 Å². The van der Waals surface area contributed by atoms with E-state index in [1.54, 1.807) is 0 Å². The number of alkyl halides is 1. The molecule has 2 N–H and O–H groups in total. The van der Waals surface area contributed by atoms with Crippen LogP contribution in [0.5, 0.6) is 0 Å². The van der Waals surface area contributed by atoms with Crippen molar-refractivity contribution in [3.63, 3.8) is 0 Å². The second kappa shape index (κ2) is 6.54. The minimum absolute atomic E-state index is 0.00569. The number of nitrogens with zero attached hydrogens (tertiary/aromatic N) is 1. The normalized spacial score (nSPS) is 14.3. The van der Waals surface area contributed by atoms with Crippen LogP contribution in [0.1, 0.15) is 18.1 Å². The average Bonchev–Trinajstić information content (AvgIpc) is 2.31. The van der Waals surface area contributed by atoms with E-state index >= 15 is 0 Å². The number of hydrogen-bond donors (Lipinski definition) is 2. The molecule has 0 bridgehead atoms. The molecule has 100 valence electrons. The molecule has 0 aliphatic carbocycles. The first kappa shape index (κ1) is 15.5. The fourth-order valence-electron chi connectivity index (χ4n) is 1.42. The molecule has 0 heterocycles. The number of benzene rings is 1. The van der Waals surface area contributed by atoms with Crippen molar-refractivity contribution < 1.29 is 15.1 Å². The fraction of sp³-hybridized carbons (Fsp3) is 0.400. The van der Waals surface area contributed by atoms with Gasteiger partial charge in [-0.05, 0) is 12.5 Å². The van der Waals surface area contributed by atoms with E-state index < -0.39 is 22.8 Å². The van der Waals surface area contributed by atoms with Crippen LogP contribution < -0.4 is 0 Å². The van der Waals surface area contributed by atoms with Gasteiger partial charge in [-0.2, -0.15) is 0 Å². The summed E-state index contributed by atoms with van der Waals surface area (Å²) in [5.74, 6) is 0.118. The highest BCUT2D eigenvalue weighted by Gasteiger charge is 2.27. The number of rotatable bonds is 5. The van der Waals surface area contributed by atoms with Crippen LogP contribution in [0.2, 0.25) is 10.0 Å². The Bertz CT molecular complexity index is 455. The van der Waals surface area contributed by atoms with Crippen molar-refractivity contribution in [3.05, 3.63) is 37.9 Å². The van der Waals surface area contributed by atoms with Crippen LogP contribution >= 0.6 is 34.8 Å². The highest BCUT2D eigenvalue weighted by atomic mass is 35.5. The molecular formula is C10H10Cl3NO4. The van der Waals surface area contributed by atoms with Crippen molar-refractivity contribution >= 4 is 40.5 Å². The van der Waals surface area contributed by atoms with Crippen LogP contribution in [0.25, 0.3) is 0 Å². The second-order valence-corrected chi connectivity index (χ2v) is 4.76. The van der Waals surface area contributed by atoms with E-state index in [9.17, 15) is 20.3 Å². The van der Waals surface area contributed by atoms with Crippen LogP contribution in [0.15, 0.2) is 12.1 Å². The maximum atomic E-state index is 10.9. The summed E-state index contributed by atoms with van der Waals surface area (Å²) >= 11 is 16.9. The third-order valence-corrected chi connectivity index (χ3v) is 3.29. The molecule has 8 heteroatoms. The van der Waals surface area contributed by atoms with E-state index in [1.807, 2.05) is 0 Å². The topological polar surface area (TPSA) is 83.6 Å². The molecule has 0 saturated carbocycles. The predicted octanol–water partition coefficient (Wildman–Crippen LogP) is 2.92. The smallest absolute Gasteiger partial charge is 0.276 e. The van der Waals surface area contributed by atoms with Crippen LogP contribution in [-0.2, 0) is 0 Å². The molecule has 1 aromatic rings. The summed E-state index contributed by atoms with van der Waals surface area (Å²) in [7, 11) is 0. The van der Waals surface area contributed by atoms with E-state index in [0.717, 1.165) is 6.07 Å². The molecule has 0 saturated heterocycles. The molecule has 2 unspecified atom stereocenters. The van der Waals surface area contributed by atoms with E-state index in [4.69, 9.17) is 34.8 Å². The van der Waals surface area contributed by atoms with E-state index in [0.29, 0.717) is 0 Å². The standard InChI is InChI=1S/C10H10Cl3NO4/c11-2-1-9(15)10(16)5-3-6(12)7(13)4-8(5)14(17)18/h3-4,9-10,15-16H,1-2H2. The summed E-state index contributed by atoms with van der Waals surface area (Å²) in [6.07, 6.45) is -2.56. The van der Waals surface area contributed by atoms with Crippen LogP contribution in [0.4, 0.5) is 5.69 Å². The second-order valence-electron chi connectivity index (χ2n) is 3.57. The van der Waals surface area contributed by atoms with E-state index in [-0.39, 0.29) is 27.9 Å². The van der Waals surface area contributed by atoms with Gasteiger partial charge in [-0.15, -0.1) is 11.6 Å². The fourth-order valence-corrected chi connectivity index (χ4v) is 1.98. The summed E-state index contributed by atoms with van der Waals surface area (Å²) in [5, 5.41) is 30.4. The Morgan fingerprint density at radius 2 is 1.83 bits per heavy atom. The number of aliphatic hydroxyl groups is 2. The van der Waals surface area contributed by atoms with Gasteiger partial charge in [0.05, 0.1) is 26.6 Å². The Labute approximate surface area is 118 Å². The van der Waals surface area contributed by atoms with Crippen LogP contribution in [0, 0.1) is 10.1 Å². The van der Waals surface area contributed by atoms with Crippen molar-refractivity contribution in [2.45, 2.75) is 18.6 Å². The van der Waals surface area contributed by atoms with Crippen molar-refractivity contribution in [1.29, 1.82) is 0 Å². The Hall–Kier alpha value is -0.590. The molecular weight excluding hydrogens is 304 g/mol. The lowest BCUT2D eigenvalue weighted by Gasteiger charge is -2.17. The molecule has 0 fully saturated rings. The molecule has 1 aromatic carbocycles. The maximum absolute atomic E-state index is 10.9. The lowest BCUT2D eigenvalue weighted by atomic mass is 10.0. The van der Waals surface area contributed by atoms with E-state index in [2.05, 4.69) is 0 Å². The number of nitro groups is 1. The molecule has 18 heavy (non-hydrogen) atoms. The van der Waals surface area contributed by atoms with Crippen molar-refractivity contribution in [2.24, 2.45) is 0 Å². The van der Waals surface area contributed by atoms with Gasteiger partial charge >= 0.3 is 0 Å². The van der Waals surface area contributed by atoms with Gasteiger partial charge in [-0.25, -0.2) is 0 Å². The van der Waals surface area contributed by atoms with Crippen molar-refractivity contribution in [1.82, 2.24) is 0 Å². The number of nitro benzene ring substituents is 1. The predicted molar refractivity (Wildman–Crippen MR) is 69.4 cm³/mol. The minimum atomic E-state index is -1.45. The summed E-state index contributed by atoms with van der Waals surface area (Å²) < 4.78 is 0. The maximum Gasteiger partial charge on any atom is 0.276 e. The molecule has 0 spiro atoms. The Kier molecular flexibility index (Phi) is 5.62. The molecule has 1 rings (SSSR count). The Morgan fingerprint density at radius 1 is 1.28 bits per heavy atom. The average molecular weight is 315 g/mol. The minimum Gasteiger partial charge on any atom is -0.390 e. The zero-order chi connectivity index (χ0) is 13.9. The lowest BCUT2D eigenvalue weighted by molar-refractivity contribution is -0.386. The number of halogens is 3. The van der Waals surface area contributed by atoms with Gasteiger partial charge in [0, 0.05) is 11.9 Å². The lowest BCUT2D eigenvalue weighted by Crippen LogP contribution is -2.19. The molecule has 0 radical (unpaired) electrons. The van der Waals surface area contributed by atoms with Gasteiger partial charge < -0.3 is 10.2 Å². The molecule has 0 amide bonds. The van der Waals surface area contributed by atoms with Crippen molar-refractivity contribution in [3.8, 4) is 0 Å². The number of hydrogen-bond acceptors (Lipinski definition) is 4. The first-order valence-corrected chi connectivity index (χ1v) is 6.23. The number of aliphatic hydroxyl groups excluding tert-OH is 2. The van der Waals surface area contributed by atoms with Crippen LogP contribution in [0.3, 0.4) is 0 Å². The van der Waals surface area contributed by atoms with Gasteiger partial charge in [-0.3, -0.25) is 10.1 Å². The monoisotopic (exact) mass is 313 g/mol. The molecule has 5 nitrogen and oxygen atoms in total. The zero-order valence-electron chi connectivity index (χ0n) is 9.02. The quantitative estimate of drug-likeness (QED) is 0.497. The molecule has 0 aromatic heterocycles. The summed E-state index contributed by atoms with van der Waals surface area (Å²) in [5.41, 5.74) is -0.488. The van der Waals surface area contributed by atoms with Gasteiger partial charge in [-0.1, -0.05) is 23.2 Å². The zero-order valence-corrected chi connectivity index (χ0v) is 11.3. The first-order chi connectivity index (χ1) is 8.38. The largest absolute Gasteiger partial charge is 0.390 e. The highest BCUT2D eigenvalue weighted by molar-refractivity contribution is 6.42. The summed E-state index contributed by atoms with van der Waals surface area (Å²) in [4.78, 5) is 10.2. The molecule has 0 aliphatic heterocycles. The van der Waals surface area contributed by atoms with Crippen LogP contribution in [-0.4, -0.2) is 27.1 Å². The highest BCUT2D eigenvalue weighted by Crippen LogP contribution is 2.35. The third kappa shape index (κ3) is 3.46. The SMILES string of the molecule is O=[N+]([O-])c1cc(Cl)c(Cl)cc1C(O)C(O)CCCl. The van der Waals surface area contributed by atoms with Gasteiger partial charge in [0.25, 0.3) is 5.69 Å². The Morgan fingerprint density at radius 3 is 2.33 bits per heavy atom. The summed E-state index contributed by atoms with van der Waals surface area (Å²) in [6.45, 7) is 0. The molecule has 0 aliphatic rings.